The maximum absolute atomic E-state index is 12.8. The molecule has 60 heavy (non-hydrogen) atoms. The van der Waals surface area contributed by atoms with Gasteiger partial charge in [-0.15, -0.1) is 0 Å². The fourth-order valence-electron chi connectivity index (χ4n) is 7.16. The highest BCUT2D eigenvalue weighted by Gasteiger charge is 2.31. The van der Waals surface area contributed by atoms with Crippen LogP contribution in [0.4, 0.5) is 0 Å². The van der Waals surface area contributed by atoms with E-state index in [1.165, 1.54) is 116 Å². The van der Waals surface area contributed by atoms with Crippen molar-refractivity contribution in [1.82, 2.24) is 0 Å². The maximum Gasteiger partial charge on any atom is 0.362 e. The summed E-state index contributed by atoms with van der Waals surface area (Å²) < 4.78 is 17.3. The van der Waals surface area contributed by atoms with E-state index < -0.39 is 18.1 Å². The summed E-state index contributed by atoms with van der Waals surface area (Å²) in [5.74, 6) is -1.48. The Hall–Kier alpha value is -2.71. The number of hydrogen-bond acceptors (Lipinski definition) is 6. The van der Waals surface area contributed by atoms with E-state index in [1.807, 2.05) is 21.1 Å². The Morgan fingerprint density at radius 2 is 0.933 bits per heavy atom. The van der Waals surface area contributed by atoms with Crippen molar-refractivity contribution in [3.8, 4) is 0 Å². The van der Waals surface area contributed by atoms with Crippen LogP contribution in [-0.4, -0.2) is 80.6 Å². The number of ether oxygens (including phenoxy) is 3. The van der Waals surface area contributed by atoms with E-state index in [0.29, 0.717) is 19.3 Å². The van der Waals surface area contributed by atoms with Gasteiger partial charge in [-0.25, -0.2) is 4.79 Å². The van der Waals surface area contributed by atoms with Gasteiger partial charge in [0.05, 0.1) is 34.4 Å². The van der Waals surface area contributed by atoms with Crippen molar-refractivity contribution < 1.29 is 38.2 Å². The number of likely N-dealkylation sites (N-methyl/N-ethyl adjacent to an activating group) is 1. The van der Waals surface area contributed by atoms with Crippen LogP contribution in [0.1, 0.15) is 213 Å². The number of carboxylic acid groups (broad SMARTS) is 1. The summed E-state index contributed by atoms with van der Waals surface area (Å²) in [4.78, 5) is 37.1. The lowest BCUT2D eigenvalue weighted by Gasteiger charge is -2.31. The second-order valence-corrected chi connectivity index (χ2v) is 17.7. The lowest BCUT2D eigenvalue weighted by atomic mass is 10.0. The van der Waals surface area contributed by atoms with Crippen molar-refractivity contribution in [2.45, 2.75) is 225 Å². The standard InChI is InChI=1S/C52H93NO7/c1-6-8-10-12-14-16-18-20-22-24-25-26-27-29-31-33-35-37-39-41-43-51(55)60-48(46-58-45-44-49(52(56)57)53(3,4)5)47-59-50(54)42-40-38-36-34-32-30-28-23-21-19-17-15-13-11-9-7-2/h8,10,14,16,20,22-23,28,48-49H,6-7,9,11-13,15,17-19,21,24-27,29-47H2,1-5H3/p+1/b10-8+,16-14+,22-20+,28-23+. The smallest absolute Gasteiger partial charge is 0.362 e. The molecule has 8 nitrogen and oxygen atoms in total. The minimum absolute atomic E-state index is 0.0564. The lowest BCUT2D eigenvalue weighted by Crippen LogP contribution is -2.50. The molecule has 2 atom stereocenters. The van der Waals surface area contributed by atoms with Crippen LogP contribution < -0.4 is 0 Å². The first-order chi connectivity index (χ1) is 29.1. The number of carbonyl (C=O) groups is 3. The molecule has 0 saturated heterocycles. The van der Waals surface area contributed by atoms with Gasteiger partial charge < -0.3 is 23.8 Å². The minimum atomic E-state index is -0.876. The van der Waals surface area contributed by atoms with E-state index in [2.05, 4.69) is 62.5 Å². The third kappa shape index (κ3) is 40.7. The first kappa shape index (κ1) is 57.3. The number of aliphatic carboxylic acids is 1. The molecule has 0 fully saturated rings. The van der Waals surface area contributed by atoms with E-state index in [0.717, 1.165) is 64.2 Å². The summed E-state index contributed by atoms with van der Waals surface area (Å²) in [5.41, 5.74) is 0. The zero-order valence-electron chi connectivity index (χ0n) is 39.7. The van der Waals surface area contributed by atoms with Crippen LogP contribution in [0.15, 0.2) is 48.6 Å². The number of nitrogens with zero attached hydrogens (tertiary/aromatic N) is 1. The molecule has 2 unspecified atom stereocenters. The number of carboxylic acids is 1. The van der Waals surface area contributed by atoms with Gasteiger partial charge in [-0.2, -0.15) is 0 Å². The number of esters is 2. The third-order valence-corrected chi connectivity index (χ3v) is 11.0. The van der Waals surface area contributed by atoms with Crippen molar-refractivity contribution in [3.05, 3.63) is 48.6 Å². The van der Waals surface area contributed by atoms with Crippen molar-refractivity contribution in [3.63, 3.8) is 0 Å². The Morgan fingerprint density at radius 1 is 0.517 bits per heavy atom. The van der Waals surface area contributed by atoms with Crippen LogP contribution >= 0.6 is 0 Å². The van der Waals surface area contributed by atoms with Gasteiger partial charge in [0, 0.05) is 19.3 Å². The SMILES string of the molecule is CC/C=C/C/C=C/C/C=C/CCCCCCCCCCCCC(=O)OC(COCCC(C(=O)O)[N+](C)(C)C)COC(=O)CCCCCCC/C=C/CCCCCCCCC. The molecule has 0 heterocycles. The van der Waals surface area contributed by atoms with Gasteiger partial charge in [-0.3, -0.25) is 9.59 Å². The quantitative estimate of drug-likeness (QED) is 0.0282. The fourth-order valence-corrected chi connectivity index (χ4v) is 7.16. The zero-order valence-corrected chi connectivity index (χ0v) is 39.7. The van der Waals surface area contributed by atoms with Crippen LogP contribution in [0.25, 0.3) is 0 Å². The molecule has 348 valence electrons. The summed E-state index contributed by atoms with van der Waals surface area (Å²) in [6.45, 7) is 4.63. The van der Waals surface area contributed by atoms with Crippen LogP contribution in [0.5, 0.6) is 0 Å². The molecular formula is C52H94NO7+. The molecule has 0 aromatic rings. The molecule has 1 N–H and O–H groups in total. The monoisotopic (exact) mass is 845 g/mol. The number of hydrogen-bond donors (Lipinski definition) is 1. The largest absolute Gasteiger partial charge is 0.477 e. The normalized spacial score (nSPS) is 13.3. The molecule has 0 bridgehead atoms. The Balaban J connectivity index is 4.28. The molecule has 0 aliphatic heterocycles. The highest BCUT2D eigenvalue weighted by atomic mass is 16.6. The first-order valence-corrected chi connectivity index (χ1v) is 24.7. The molecule has 0 rings (SSSR count). The molecule has 0 saturated carbocycles. The fraction of sp³-hybridized carbons (Fsp3) is 0.788. The maximum atomic E-state index is 12.8. The van der Waals surface area contributed by atoms with Crippen molar-refractivity contribution >= 4 is 17.9 Å². The number of allylic oxidation sites excluding steroid dienone is 8. The Morgan fingerprint density at radius 3 is 1.40 bits per heavy atom. The molecule has 0 aromatic carbocycles. The number of carbonyl (C=O) groups excluding carboxylic acids is 2. The second-order valence-electron chi connectivity index (χ2n) is 17.7. The van der Waals surface area contributed by atoms with Crippen molar-refractivity contribution in [2.75, 3.05) is 41.0 Å². The molecule has 8 heteroatoms. The van der Waals surface area contributed by atoms with E-state index in [1.54, 1.807) is 0 Å². The van der Waals surface area contributed by atoms with Crippen molar-refractivity contribution in [1.29, 1.82) is 0 Å². The number of rotatable bonds is 44. The van der Waals surface area contributed by atoms with E-state index in [9.17, 15) is 19.5 Å². The Labute approximate surface area is 369 Å². The summed E-state index contributed by atoms with van der Waals surface area (Å²) >= 11 is 0. The second kappa shape index (κ2) is 43.0. The van der Waals surface area contributed by atoms with Crippen molar-refractivity contribution in [2.24, 2.45) is 0 Å². The number of unbranched alkanes of at least 4 members (excludes halogenated alkanes) is 22. The Bertz CT molecular complexity index is 1120. The van der Waals surface area contributed by atoms with Crippen LogP contribution in [0.3, 0.4) is 0 Å². The van der Waals surface area contributed by atoms with Gasteiger partial charge in [0.15, 0.2) is 12.1 Å². The van der Waals surface area contributed by atoms with E-state index in [4.69, 9.17) is 14.2 Å². The average Bonchev–Trinajstić information content (AvgIpc) is 3.21. The predicted octanol–water partition coefficient (Wildman–Crippen LogP) is 14.0. The minimum Gasteiger partial charge on any atom is -0.477 e. The van der Waals surface area contributed by atoms with Gasteiger partial charge in [-0.05, 0) is 70.6 Å². The molecule has 0 radical (unpaired) electrons. The Kier molecular flexibility index (Phi) is 41.0. The summed E-state index contributed by atoms with van der Waals surface area (Å²) in [6.07, 6.45) is 51.5. The van der Waals surface area contributed by atoms with Gasteiger partial charge >= 0.3 is 17.9 Å². The van der Waals surface area contributed by atoms with Crippen LogP contribution in [0, 0.1) is 0 Å². The highest BCUT2D eigenvalue weighted by Crippen LogP contribution is 2.15. The summed E-state index contributed by atoms with van der Waals surface area (Å²) in [5, 5.41) is 9.64. The van der Waals surface area contributed by atoms with Crippen LogP contribution in [0.2, 0.25) is 0 Å². The molecule has 0 spiro atoms. The topological polar surface area (TPSA) is 99.1 Å². The van der Waals surface area contributed by atoms with Gasteiger partial charge in [-0.1, -0.05) is 172 Å². The molecule has 0 aliphatic rings. The summed E-state index contributed by atoms with van der Waals surface area (Å²) in [7, 11) is 5.53. The van der Waals surface area contributed by atoms with E-state index in [-0.39, 0.29) is 36.2 Å². The molecule has 0 aliphatic carbocycles. The molecular weight excluding hydrogens is 751 g/mol. The third-order valence-electron chi connectivity index (χ3n) is 11.0. The molecule has 0 amide bonds. The van der Waals surface area contributed by atoms with E-state index >= 15 is 0 Å². The summed E-state index contributed by atoms with van der Waals surface area (Å²) in [6, 6.07) is -0.617. The van der Waals surface area contributed by atoms with Gasteiger partial charge in [0.25, 0.3) is 0 Å². The number of quaternary nitrogens is 1. The highest BCUT2D eigenvalue weighted by molar-refractivity contribution is 5.72. The zero-order chi connectivity index (χ0) is 44.2. The molecule has 0 aromatic heterocycles. The van der Waals surface area contributed by atoms with Crippen LogP contribution in [-0.2, 0) is 28.6 Å². The first-order valence-electron chi connectivity index (χ1n) is 24.7. The predicted molar refractivity (Wildman–Crippen MR) is 252 cm³/mol. The lowest BCUT2D eigenvalue weighted by molar-refractivity contribution is -0.887. The van der Waals surface area contributed by atoms with Gasteiger partial charge in [0.1, 0.15) is 6.61 Å². The van der Waals surface area contributed by atoms with Gasteiger partial charge in [0.2, 0.25) is 0 Å². The average molecular weight is 845 g/mol.